The number of nitrogens with one attached hydrogen (secondary N) is 2. The van der Waals surface area contributed by atoms with Crippen molar-refractivity contribution in [1.29, 1.82) is 0 Å². The van der Waals surface area contributed by atoms with Crippen LogP contribution in [0, 0.1) is 0 Å². The number of carbonyl (C=O) groups is 1. The first kappa shape index (κ1) is 17.6. The zero-order chi connectivity index (χ0) is 16.8. The van der Waals surface area contributed by atoms with E-state index in [0.717, 1.165) is 15.8 Å². The van der Waals surface area contributed by atoms with E-state index in [0.29, 0.717) is 17.3 Å². The number of ether oxygens (including phenoxy) is 1. The lowest BCUT2D eigenvalue weighted by Crippen LogP contribution is -2.31. The van der Waals surface area contributed by atoms with E-state index < -0.39 is 0 Å². The molecule has 0 bridgehead atoms. The third-order valence-corrected chi connectivity index (χ3v) is 4.02. The van der Waals surface area contributed by atoms with Gasteiger partial charge in [-0.2, -0.15) is 0 Å². The lowest BCUT2D eigenvalue weighted by atomic mass is 10.1. The van der Waals surface area contributed by atoms with Crippen LogP contribution >= 0.6 is 27.5 Å². The van der Waals surface area contributed by atoms with Crippen LogP contribution in [-0.4, -0.2) is 12.6 Å². The maximum absolute atomic E-state index is 12.1. The summed E-state index contributed by atoms with van der Waals surface area (Å²) in [5.74, 6) is 0.814. The predicted molar refractivity (Wildman–Crippen MR) is 97.3 cm³/mol. The molecule has 0 aliphatic heterocycles. The molecule has 0 aliphatic rings. The molecule has 4 nitrogen and oxygen atoms in total. The summed E-state index contributed by atoms with van der Waals surface area (Å²) in [6, 6.07) is 12.5. The van der Waals surface area contributed by atoms with Crippen molar-refractivity contribution in [2.45, 2.75) is 19.9 Å². The van der Waals surface area contributed by atoms with Gasteiger partial charge in [-0.25, -0.2) is 4.79 Å². The maximum Gasteiger partial charge on any atom is 0.319 e. The van der Waals surface area contributed by atoms with Crippen LogP contribution in [0.2, 0.25) is 5.02 Å². The number of amides is 2. The molecule has 0 saturated carbocycles. The van der Waals surface area contributed by atoms with Gasteiger partial charge in [0.05, 0.1) is 23.4 Å². The minimum atomic E-state index is -0.310. The van der Waals surface area contributed by atoms with Crippen LogP contribution in [0.4, 0.5) is 10.5 Å². The summed E-state index contributed by atoms with van der Waals surface area (Å²) in [6.07, 6.45) is 0. The number of urea groups is 1. The fourth-order valence-electron chi connectivity index (χ4n) is 2.05. The van der Waals surface area contributed by atoms with Crippen LogP contribution in [0.25, 0.3) is 0 Å². The summed E-state index contributed by atoms with van der Waals surface area (Å²) in [7, 11) is 0. The Hall–Kier alpha value is -1.72. The smallest absolute Gasteiger partial charge is 0.319 e. The Balaban J connectivity index is 1.96. The van der Waals surface area contributed by atoms with Gasteiger partial charge in [-0.05, 0) is 49.7 Å². The number of rotatable bonds is 5. The van der Waals surface area contributed by atoms with Crippen molar-refractivity contribution in [3.63, 3.8) is 0 Å². The fraction of sp³-hybridized carbons (Fsp3) is 0.235. The molecule has 0 unspecified atom stereocenters. The highest BCUT2D eigenvalue weighted by molar-refractivity contribution is 9.10. The summed E-state index contributed by atoms with van der Waals surface area (Å²) in [5.41, 5.74) is 1.55. The van der Waals surface area contributed by atoms with Crippen molar-refractivity contribution in [2.75, 3.05) is 11.9 Å². The van der Waals surface area contributed by atoms with Crippen LogP contribution in [0.5, 0.6) is 5.75 Å². The van der Waals surface area contributed by atoms with Gasteiger partial charge in [0, 0.05) is 4.47 Å². The maximum atomic E-state index is 12.1. The Morgan fingerprint density at radius 2 is 1.96 bits per heavy atom. The molecule has 2 rings (SSSR count). The average molecular weight is 398 g/mol. The van der Waals surface area contributed by atoms with E-state index in [-0.39, 0.29) is 12.1 Å². The highest BCUT2D eigenvalue weighted by Crippen LogP contribution is 2.25. The average Bonchev–Trinajstić information content (AvgIpc) is 2.51. The van der Waals surface area contributed by atoms with E-state index in [9.17, 15) is 4.79 Å². The van der Waals surface area contributed by atoms with Crippen LogP contribution < -0.4 is 15.4 Å². The van der Waals surface area contributed by atoms with Crippen LogP contribution in [0.1, 0.15) is 25.5 Å². The van der Waals surface area contributed by atoms with E-state index in [1.165, 1.54) is 0 Å². The minimum absolute atomic E-state index is 0.139. The van der Waals surface area contributed by atoms with Gasteiger partial charge in [0.2, 0.25) is 0 Å². The first-order chi connectivity index (χ1) is 11.0. The Morgan fingerprint density at radius 1 is 1.26 bits per heavy atom. The molecule has 0 aromatic heterocycles. The number of halogens is 2. The highest BCUT2D eigenvalue weighted by Gasteiger charge is 2.11. The quantitative estimate of drug-likeness (QED) is 0.711. The second-order valence-electron chi connectivity index (χ2n) is 4.95. The second-order valence-corrected chi connectivity index (χ2v) is 6.27. The molecule has 122 valence electrons. The van der Waals surface area contributed by atoms with E-state index in [1.807, 2.05) is 44.2 Å². The molecule has 2 N–H and O–H groups in total. The molecule has 0 spiro atoms. The van der Waals surface area contributed by atoms with E-state index in [2.05, 4.69) is 26.6 Å². The molecule has 2 aromatic carbocycles. The largest absolute Gasteiger partial charge is 0.494 e. The Morgan fingerprint density at radius 3 is 2.57 bits per heavy atom. The van der Waals surface area contributed by atoms with Gasteiger partial charge in [-0.3, -0.25) is 0 Å². The topological polar surface area (TPSA) is 50.4 Å². The molecular formula is C17H18BrClN2O2. The van der Waals surface area contributed by atoms with Crippen LogP contribution in [-0.2, 0) is 0 Å². The number of hydrogen-bond acceptors (Lipinski definition) is 2. The van der Waals surface area contributed by atoms with Gasteiger partial charge in [-0.15, -0.1) is 0 Å². The Labute approximate surface area is 149 Å². The highest BCUT2D eigenvalue weighted by atomic mass is 79.9. The first-order valence-corrected chi connectivity index (χ1v) is 8.42. The van der Waals surface area contributed by atoms with Crippen molar-refractivity contribution in [2.24, 2.45) is 0 Å². The predicted octanol–water partition coefficient (Wildman–Crippen LogP) is 5.38. The number of anilines is 1. The summed E-state index contributed by atoms with van der Waals surface area (Å²) in [5, 5.41) is 6.09. The molecule has 6 heteroatoms. The molecule has 0 heterocycles. The molecule has 2 amide bonds. The van der Waals surface area contributed by atoms with Crippen molar-refractivity contribution in [3.05, 3.63) is 57.5 Å². The number of hydrogen-bond donors (Lipinski definition) is 2. The second kappa shape index (κ2) is 8.22. The molecular weight excluding hydrogens is 380 g/mol. The van der Waals surface area contributed by atoms with E-state index >= 15 is 0 Å². The summed E-state index contributed by atoms with van der Waals surface area (Å²) < 4.78 is 6.26. The summed E-state index contributed by atoms with van der Waals surface area (Å²) in [6.45, 7) is 4.48. The molecule has 1 atom stereocenters. The molecule has 2 aromatic rings. The standard InChI is InChI=1S/C17H18BrClN2O2/c1-3-23-14-7-4-12(5-8-14)11(2)20-17(22)21-16-9-6-13(18)10-15(16)19/h4-11H,3H2,1-2H3,(H2,20,21,22)/t11-/m1/s1. The van der Waals surface area contributed by atoms with Crippen LogP contribution in [0.3, 0.4) is 0 Å². The van der Waals surface area contributed by atoms with Crippen molar-refractivity contribution in [3.8, 4) is 5.75 Å². The van der Waals surface area contributed by atoms with Gasteiger partial charge in [0.15, 0.2) is 0 Å². The third kappa shape index (κ3) is 5.15. The Kier molecular flexibility index (Phi) is 6.30. The summed E-state index contributed by atoms with van der Waals surface area (Å²) >= 11 is 9.42. The van der Waals surface area contributed by atoms with Gasteiger partial charge in [0.1, 0.15) is 5.75 Å². The van der Waals surface area contributed by atoms with Gasteiger partial charge >= 0.3 is 6.03 Å². The van der Waals surface area contributed by atoms with Crippen molar-refractivity contribution in [1.82, 2.24) is 5.32 Å². The normalized spacial score (nSPS) is 11.7. The molecule has 0 saturated heterocycles. The zero-order valence-corrected chi connectivity index (χ0v) is 15.2. The van der Waals surface area contributed by atoms with Crippen molar-refractivity contribution < 1.29 is 9.53 Å². The van der Waals surface area contributed by atoms with E-state index in [4.69, 9.17) is 16.3 Å². The lowest BCUT2D eigenvalue weighted by Gasteiger charge is -2.16. The fourth-order valence-corrected chi connectivity index (χ4v) is 2.77. The number of benzene rings is 2. The first-order valence-electron chi connectivity index (χ1n) is 7.25. The molecule has 0 radical (unpaired) electrons. The third-order valence-electron chi connectivity index (χ3n) is 3.22. The molecule has 23 heavy (non-hydrogen) atoms. The zero-order valence-electron chi connectivity index (χ0n) is 12.9. The van der Waals surface area contributed by atoms with Crippen LogP contribution in [0.15, 0.2) is 46.9 Å². The van der Waals surface area contributed by atoms with Gasteiger partial charge in [-0.1, -0.05) is 39.7 Å². The Bertz CT molecular complexity index is 677. The minimum Gasteiger partial charge on any atom is -0.494 e. The lowest BCUT2D eigenvalue weighted by molar-refractivity contribution is 0.249. The molecule has 0 aliphatic carbocycles. The van der Waals surface area contributed by atoms with Gasteiger partial charge in [0.25, 0.3) is 0 Å². The van der Waals surface area contributed by atoms with Crippen molar-refractivity contribution >= 4 is 39.2 Å². The SMILES string of the molecule is CCOc1ccc([C@@H](C)NC(=O)Nc2ccc(Br)cc2Cl)cc1. The summed E-state index contributed by atoms with van der Waals surface area (Å²) in [4.78, 5) is 12.1. The monoisotopic (exact) mass is 396 g/mol. The number of carbonyl (C=O) groups excluding carboxylic acids is 1. The van der Waals surface area contributed by atoms with Gasteiger partial charge < -0.3 is 15.4 Å². The van der Waals surface area contributed by atoms with E-state index in [1.54, 1.807) is 12.1 Å². The molecule has 0 fully saturated rings.